The average Bonchev–Trinajstić information content (AvgIpc) is 2.87. The highest BCUT2D eigenvalue weighted by atomic mass is 35.5. The second kappa shape index (κ2) is 10.5. The number of nitro benzene ring substituents is 1. The molecule has 4 aromatic carbocycles. The molecule has 0 spiro atoms. The molecule has 0 radical (unpaired) electrons. The summed E-state index contributed by atoms with van der Waals surface area (Å²) in [5.74, 6) is -0.144. The number of anilines is 1. The normalized spacial score (nSPS) is 11.0. The lowest BCUT2D eigenvalue weighted by molar-refractivity contribution is -0.384. The van der Waals surface area contributed by atoms with Gasteiger partial charge in [0.05, 0.1) is 4.92 Å². The zero-order valence-corrected chi connectivity index (χ0v) is 19.0. The molecule has 0 aliphatic carbocycles. The summed E-state index contributed by atoms with van der Waals surface area (Å²) in [6.07, 6.45) is 1.48. The van der Waals surface area contributed by atoms with Gasteiger partial charge in [-0.1, -0.05) is 54.1 Å². The molecule has 1 N–H and O–H groups in total. The molecule has 0 aliphatic heterocycles. The molecule has 4 aromatic rings. The van der Waals surface area contributed by atoms with E-state index >= 15 is 0 Å². The lowest BCUT2D eigenvalue weighted by Gasteiger charge is -2.13. The van der Waals surface area contributed by atoms with E-state index in [4.69, 9.17) is 16.3 Å². The molecule has 0 atom stereocenters. The van der Waals surface area contributed by atoms with Gasteiger partial charge in [-0.2, -0.15) is 5.26 Å². The van der Waals surface area contributed by atoms with Crippen molar-refractivity contribution in [2.24, 2.45) is 0 Å². The Labute approximate surface area is 206 Å². The predicted octanol–water partition coefficient (Wildman–Crippen LogP) is 6.53. The maximum atomic E-state index is 12.8. The number of benzene rings is 4. The van der Waals surface area contributed by atoms with Gasteiger partial charge in [-0.15, -0.1) is 0 Å². The van der Waals surface area contributed by atoms with Gasteiger partial charge in [0.1, 0.15) is 24.0 Å². The summed E-state index contributed by atoms with van der Waals surface area (Å²) in [6, 6.07) is 25.8. The standard InChI is InChI=1S/C27H18ClN3O4/c28-21-9-11-22(12-10-21)30-27(32)20(16-29)15-25-24-7-2-1-5-19(24)8-13-26(25)35-17-18-4-3-6-23(14-18)31(33)34/h1-15H,17H2,(H,30,32)/b20-15+. The van der Waals surface area contributed by atoms with Crippen LogP contribution in [0.4, 0.5) is 11.4 Å². The minimum Gasteiger partial charge on any atom is -0.488 e. The zero-order valence-electron chi connectivity index (χ0n) is 18.3. The van der Waals surface area contributed by atoms with Crippen LogP contribution < -0.4 is 10.1 Å². The first-order chi connectivity index (χ1) is 16.9. The highest BCUT2D eigenvalue weighted by Crippen LogP contribution is 2.31. The van der Waals surface area contributed by atoms with Crippen molar-refractivity contribution in [1.29, 1.82) is 5.26 Å². The molecule has 0 aliphatic rings. The summed E-state index contributed by atoms with van der Waals surface area (Å²) in [6.45, 7) is 0.0692. The van der Waals surface area contributed by atoms with Gasteiger partial charge in [0.2, 0.25) is 0 Å². The fourth-order valence-electron chi connectivity index (χ4n) is 3.50. The Hall–Kier alpha value is -4.67. The number of nitrogens with zero attached hydrogens (tertiary/aromatic N) is 2. The van der Waals surface area contributed by atoms with Crippen LogP contribution in [-0.2, 0) is 11.4 Å². The van der Waals surface area contributed by atoms with Crippen LogP contribution in [0.25, 0.3) is 16.8 Å². The van der Waals surface area contributed by atoms with Crippen LogP contribution in [0, 0.1) is 21.4 Å². The molecule has 7 nitrogen and oxygen atoms in total. The molecule has 1 amide bonds. The van der Waals surface area contributed by atoms with Crippen molar-refractivity contribution in [3.8, 4) is 11.8 Å². The van der Waals surface area contributed by atoms with E-state index in [9.17, 15) is 20.2 Å². The molecule has 0 aromatic heterocycles. The van der Waals surface area contributed by atoms with E-state index in [1.807, 2.05) is 36.4 Å². The Bertz CT molecular complexity index is 1490. The van der Waals surface area contributed by atoms with Gasteiger partial charge in [-0.3, -0.25) is 14.9 Å². The van der Waals surface area contributed by atoms with Gasteiger partial charge in [0, 0.05) is 28.4 Å². The molecule has 172 valence electrons. The maximum absolute atomic E-state index is 12.8. The summed E-state index contributed by atoms with van der Waals surface area (Å²) in [7, 11) is 0. The first-order valence-corrected chi connectivity index (χ1v) is 10.9. The van der Waals surface area contributed by atoms with Crippen LogP contribution in [0.5, 0.6) is 5.75 Å². The highest BCUT2D eigenvalue weighted by molar-refractivity contribution is 6.30. The van der Waals surface area contributed by atoms with Crippen LogP contribution in [0.1, 0.15) is 11.1 Å². The van der Waals surface area contributed by atoms with E-state index < -0.39 is 10.8 Å². The Morgan fingerprint density at radius 3 is 2.57 bits per heavy atom. The van der Waals surface area contributed by atoms with Crippen molar-refractivity contribution in [2.45, 2.75) is 6.61 Å². The van der Waals surface area contributed by atoms with Crippen molar-refractivity contribution in [3.05, 3.63) is 117 Å². The number of fused-ring (bicyclic) bond motifs is 1. The Morgan fingerprint density at radius 2 is 1.83 bits per heavy atom. The van der Waals surface area contributed by atoms with E-state index in [0.29, 0.717) is 27.6 Å². The van der Waals surface area contributed by atoms with E-state index in [1.165, 1.54) is 18.2 Å². The van der Waals surface area contributed by atoms with Crippen molar-refractivity contribution in [1.82, 2.24) is 0 Å². The van der Waals surface area contributed by atoms with E-state index in [0.717, 1.165) is 10.8 Å². The number of hydrogen-bond acceptors (Lipinski definition) is 5. The molecule has 0 saturated heterocycles. The van der Waals surface area contributed by atoms with Gasteiger partial charge in [0.25, 0.3) is 11.6 Å². The number of nitrogens with one attached hydrogen (secondary N) is 1. The second-order valence-corrected chi connectivity index (χ2v) is 7.98. The smallest absolute Gasteiger partial charge is 0.269 e. The summed E-state index contributed by atoms with van der Waals surface area (Å²) in [4.78, 5) is 23.4. The summed E-state index contributed by atoms with van der Waals surface area (Å²) in [5.41, 5.74) is 1.52. The van der Waals surface area contributed by atoms with Crippen molar-refractivity contribution in [2.75, 3.05) is 5.32 Å². The first kappa shape index (κ1) is 23.5. The number of nitro groups is 1. The van der Waals surface area contributed by atoms with Crippen molar-refractivity contribution in [3.63, 3.8) is 0 Å². The van der Waals surface area contributed by atoms with Crippen molar-refractivity contribution >= 4 is 45.7 Å². The van der Waals surface area contributed by atoms with Gasteiger partial charge in [0.15, 0.2) is 0 Å². The van der Waals surface area contributed by atoms with E-state index in [-0.39, 0.29) is 17.9 Å². The minimum atomic E-state index is -0.576. The number of halogens is 1. The number of amides is 1. The summed E-state index contributed by atoms with van der Waals surface area (Å²) >= 11 is 5.89. The predicted molar refractivity (Wildman–Crippen MR) is 135 cm³/mol. The van der Waals surface area contributed by atoms with Gasteiger partial charge < -0.3 is 10.1 Å². The highest BCUT2D eigenvalue weighted by Gasteiger charge is 2.14. The number of non-ortho nitro benzene ring substituents is 1. The van der Waals surface area contributed by atoms with Crippen LogP contribution in [0.15, 0.2) is 90.5 Å². The van der Waals surface area contributed by atoms with Crippen LogP contribution >= 0.6 is 11.6 Å². The average molecular weight is 484 g/mol. The molecule has 8 heteroatoms. The molecule has 0 bridgehead atoms. The fourth-order valence-corrected chi connectivity index (χ4v) is 3.62. The summed E-state index contributed by atoms with van der Waals surface area (Å²) in [5, 5.41) is 25.7. The van der Waals surface area contributed by atoms with Gasteiger partial charge in [-0.25, -0.2) is 0 Å². The molecule has 35 heavy (non-hydrogen) atoms. The molecular weight excluding hydrogens is 466 g/mol. The number of rotatable bonds is 7. The Morgan fingerprint density at radius 1 is 1.06 bits per heavy atom. The minimum absolute atomic E-state index is 0.0321. The third kappa shape index (κ3) is 5.64. The fraction of sp³-hybridized carbons (Fsp3) is 0.0370. The number of carbonyl (C=O) groups is 1. The largest absolute Gasteiger partial charge is 0.488 e. The summed E-state index contributed by atoms with van der Waals surface area (Å²) < 4.78 is 6.00. The van der Waals surface area contributed by atoms with Gasteiger partial charge in [-0.05, 0) is 52.7 Å². The van der Waals surface area contributed by atoms with Crippen LogP contribution in [0.2, 0.25) is 5.02 Å². The quantitative estimate of drug-likeness (QED) is 0.139. The number of carbonyl (C=O) groups excluding carboxylic acids is 1. The number of hydrogen-bond donors (Lipinski definition) is 1. The first-order valence-electron chi connectivity index (χ1n) is 10.5. The van der Waals surface area contributed by atoms with Crippen LogP contribution in [0.3, 0.4) is 0 Å². The van der Waals surface area contributed by atoms with E-state index in [1.54, 1.807) is 42.5 Å². The maximum Gasteiger partial charge on any atom is 0.269 e. The molecule has 0 unspecified atom stereocenters. The molecular formula is C27H18ClN3O4. The monoisotopic (exact) mass is 483 g/mol. The second-order valence-electron chi connectivity index (χ2n) is 7.55. The molecule has 0 fully saturated rings. The zero-order chi connectivity index (χ0) is 24.8. The number of nitriles is 1. The Kier molecular flexibility index (Phi) is 7.05. The molecule has 0 saturated carbocycles. The lowest BCUT2D eigenvalue weighted by Crippen LogP contribution is -2.13. The van der Waals surface area contributed by atoms with Crippen molar-refractivity contribution < 1.29 is 14.5 Å². The number of ether oxygens (including phenoxy) is 1. The topological polar surface area (TPSA) is 105 Å². The Balaban J connectivity index is 1.68. The lowest BCUT2D eigenvalue weighted by atomic mass is 10.0. The van der Waals surface area contributed by atoms with E-state index in [2.05, 4.69) is 5.32 Å². The third-order valence-electron chi connectivity index (χ3n) is 5.20. The third-order valence-corrected chi connectivity index (χ3v) is 5.45. The molecule has 4 rings (SSSR count). The SMILES string of the molecule is N#C/C(=C\c1c(OCc2cccc([N+](=O)[O-])c2)ccc2ccccc12)C(=O)Nc1ccc(Cl)cc1. The van der Waals surface area contributed by atoms with Crippen LogP contribution in [-0.4, -0.2) is 10.8 Å². The van der Waals surface area contributed by atoms with Gasteiger partial charge >= 0.3 is 0 Å². The molecule has 0 heterocycles.